The molecule has 2 aromatic carbocycles. The minimum Gasteiger partial charge on any atom is -0.478 e. The first-order chi connectivity index (χ1) is 8.16. The van der Waals surface area contributed by atoms with Gasteiger partial charge in [-0.05, 0) is 17.7 Å². The second kappa shape index (κ2) is 5.63. The highest BCUT2D eigenvalue weighted by Crippen LogP contribution is 2.36. The van der Waals surface area contributed by atoms with Gasteiger partial charge in [-0.2, -0.15) is 0 Å². The zero-order valence-corrected chi connectivity index (χ0v) is 10.9. The van der Waals surface area contributed by atoms with Gasteiger partial charge in [-0.3, -0.25) is 0 Å². The van der Waals surface area contributed by atoms with Crippen molar-refractivity contribution in [2.75, 3.05) is 0 Å². The van der Waals surface area contributed by atoms with Gasteiger partial charge in [-0.1, -0.05) is 65.1 Å². The minimum absolute atomic E-state index is 0.384. The number of ether oxygens (including phenoxy) is 1. The van der Waals surface area contributed by atoms with Crippen LogP contribution in [0.15, 0.2) is 42.5 Å². The smallest absolute Gasteiger partial charge is 0.165 e. The van der Waals surface area contributed by atoms with Gasteiger partial charge in [-0.25, -0.2) is 0 Å². The number of hydrogen-bond donors (Lipinski definition) is 0. The molecule has 0 spiro atoms. The third kappa shape index (κ3) is 3.29. The molecule has 0 aromatic heterocycles. The van der Waals surface area contributed by atoms with Crippen LogP contribution in [0.25, 0.3) is 0 Å². The summed E-state index contributed by atoms with van der Waals surface area (Å²) in [6.07, 6.45) is 0. The summed E-state index contributed by atoms with van der Waals surface area (Å²) in [6, 6.07) is 12.8. The van der Waals surface area contributed by atoms with Crippen LogP contribution < -0.4 is 4.74 Å². The largest absolute Gasteiger partial charge is 0.478 e. The van der Waals surface area contributed by atoms with Gasteiger partial charge >= 0.3 is 0 Å². The van der Waals surface area contributed by atoms with Crippen molar-refractivity contribution < 1.29 is 4.74 Å². The van der Waals surface area contributed by atoms with Crippen LogP contribution in [0, 0.1) is 6.61 Å². The molecule has 0 amide bonds. The molecule has 1 radical (unpaired) electrons. The Labute approximate surface area is 115 Å². The van der Waals surface area contributed by atoms with Crippen molar-refractivity contribution in [3.63, 3.8) is 0 Å². The Kier molecular flexibility index (Phi) is 4.16. The lowest BCUT2D eigenvalue weighted by molar-refractivity contribution is 0.429. The molecule has 0 aliphatic heterocycles. The lowest BCUT2D eigenvalue weighted by Gasteiger charge is -2.09. The maximum absolute atomic E-state index is 5.99. The first kappa shape index (κ1) is 12.6. The minimum atomic E-state index is 0.384. The average Bonchev–Trinajstić information content (AvgIpc) is 2.29. The van der Waals surface area contributed by atoms with Crippen LogP contribution in [0.3, 0.4) is 0 Å². The summed E-state index contributed by atoms with van der Waals surface area (Å²) in [7, 11) is 0. The molecule has 87 valence electrons. The van der Waals surface area contributed by atoms with Crippen molar-refractivity contribution in [2.24, 2.45) is 0 Å². The monoisotopic (exact) mass is 285 g/mol. The maximum Gasteiger partial charge on any atom is 0.165 e. The Morgan fingerprint density at radius 2 is 1.47 bits per heavy atom. The average molecular weight is 287 g/mol. The summed E-state index contributed by atoms with van der Waals surface area (Å²) in [6.45, 7) is 1.58. The summed E-state index contributed by atoms with van der Waals surface area (Å²) in [5.74, 6) is 0.404. The molecule has 17 heavy (non-hydrogen) atoms. The first-order valence-corrected chi connectivity index (χ1v) is 5.99. The summed E-state index contributed by atoms with van der Waals surface area (Å²) < 4.78 is 5.46. The summed E-state index contributed by atoms with van der Waals surface area (Å²) in [5.41, 5.74) is 0.926. The fourth-order valence-corrected chi connectivity index (χ4v) is 2.21. The highest BCUT2D eigenvalue weighted by atomic mass is 35.5. The van der Waals surface area contributed by atoms with Crippen LogP contribution in [-0.4, -0.2) is 0 Å². The van der Waals surface area contributed by atoms with Crippen molar-refractivity contribution in [1.82, 2.24) is 0 Å². The van der Waals surface area contributed by atoms with E-state index in [2.05, 4.69) is 0 Å². The van der Waals surface area contributed by atoms with Crippen molar-refractivity contribution in [2.45, 2.75) is 0 Å². The predicted octanol–water partition coefficient (Wildman–Crippen LogP) is 5.24. The number of halogens is 3. The fraction of sp³-hybridized carbons (Fsp3) is 0. The molecule has 0 aliphatic rings. The van der Waals surface area contributed by atoms with E-state index in [4.69, 9.17) is 39.5 Å². The van der Waals surface area contributed by atoms with Gasteiger partial charge in [-0.15, -0.1) is 0 Å². The number of rotatable bonds is 3. The molecule has 0 unspecified atom stereocenters. The first-order valence-electron chi connectivity index (χ1n) is 4.86. The molecule has 1 nitrogen and oxygen atoms in total. The van der Waals surface area contributed by atoms with Gasteiger partial charge in [0.05, 0.1) is 10.0 Å². The maximum atomic E-state index is 5.99. The Balaban J connectivity index is 2.15. The van der Waals surface area contributed by atoms with E-state index in [-0.39, 0.29) is 0 Å². The van der Waals surface area contributed by atoms with Crippen molar-refractivity contribution in [3.05, 3.63) is 69.7 Å². The van der Waals surface area contributed by atoms with Crippen LogP contribution in [0.1, 0.15) is 5.56 Å². The lowest BCUT2D eigenvalue weighted by Crippen LogP contribution is -1.93. The summed E-state index contributed by atoms with van der Waals surface area (Å²) in [4.78, 5) is 0. The predicted molar refractivity (Wildman–Crippen MR) is 71.9 cm³/mol. The van der Waals surface area contributed by atoms with E-state index in [0.717, 1.165) is 5.56 Å². The van der Waals surface area contributed by atoms with E-state index in [1.165, 1.54) is 0 Å². The third-order valence-electron chi connectivity index (χ3n) is 2.08. The van der Waals surface area contributed by atoms with E-state index in [0.29, 0.717) is 20.8 Å². The van der Waals surface area contributed by atoms with E-state index in [1.807, 2.05) is 30.3 Å². The van der Waals surface area contributed by atoms with Crippen LogP contribution in [0.5, 0.6) is 5.75 Å². The molecule has 0 saturated heterocycles. The molecule has 0 heterocycles. The normalized spacial score (nSPS) is 10.3. The molecule has 2 rings (SSSR count). The zero-order chi connectivity index (χ0) is 12.3. The molecule has 0 fully saturated rings. The second-order valence-electron chi connectivity index (χ2n) is 3.34. The fourth-order valence-electron chi connectivity index (χ4n) is 1.30. The summed E-state index contributed by atoms with van der Waals surface area (Å²) in [5, 5.41) is 1.25. The SMILES string of the molecule is Clc1cc(Cl)c(O[CH]c2ccccc2)c(Cl)c1. The van der Waals surface area contributed by atoms with E-state index < -0.39 is 0 Å². The van der Waals surface area contributed by atoms with Gasteiger partial charge in [0, 0.05) is 5.02 Å². The van der Waals surface area contributed by atoms with E-state index in [9.17, 15) is 0 Å². The van der Waals surface area contributed by atoms with E-state index >= 15 is 0 Å². The van der Waals surface area contributed by atoms with Crippen LogP contribution in [0.2, 0.25) is 15.1 Å². The van der Waals surface area contributed by atoms with Crippen LogP contribution >= 0.6 is 34.8 Å². The Morgan fingerprint density at radius 1 is 0.882 bits per heavy atom. The molecule has 4 heteroatoms. The Bertz CT molecular complexity index is 488. The van der Waals surface area contributed by atoms with Crippen molar-refractivity contribution in [1.29, 1.82) is 0 Å². The van der Waals surface area contributed by atoms with Gasteiger partial charge in [0.1, 0.15) is 0 Å². The highest BCUT2D eigenvalue weighted by Gasteiger charge is 2.09. The Hall–Kier alpha value is -0.890. The molecule has 0 atom stereocenters. The molecule has 2 aromatic rings. The van der Waals surface area contributed by atoms with Crippen LogP contribution in [0.4, 0.5) is 0 Å². The van der Waals surface area contributed by atoms with Crippen LogP contribution in [-0.2, 0) is 0 Å². The Morgan fingerprint density at radius 3 is 2.06 bits per heavy atom. The van der Waals surface area contributed by atoms with E-state index in [1.54, 1.807) is 18.7 Å². The number of benzene rings is 2. The van der Waals surface area contributed by atoms with Crippen molar-refractivity contribution in [3.8, 4) is 5.75 Å². The standard InChI is InChI=1S/C13H8Cl3O/c14-10-6-11(15)13(12(16)7-10)17-8-9-4-2-1-3-5-9/h1-8H. The lowest BCUT2D eigenvalue weighted by atomic mass is 10.2. The highest BCUT2D eigenvalue weighted by molar-refractivity contribution is 6.40. The molecule has 0 saturated carbocycles. The molecule has 0 aliphatic carbocycles. The van der Waals surface area contributed by atoms with Gasteiger partial charge in [0.25, 0.3) is 0 Å². The van der Waals surface area contributed by atoms with Gasteiger partial charge in [0.15, 0.2) is 12.4 Å². The quantitative estimate of drug-likeness (QED) is 0.750. The molecule has 0 N–H and O–H groups in total. The third-order valence-corrected chi connectivity index (χ3v) is 2.86. The molecular weight excluding hydrogens is 279 g/mol. The summed E-state index contributed by atoms with van der Waals surface area (Å²) >= 11 is 17.8. The second-order valence-corrected chi connectivity index (χ2v) is 4.60. The molecule has 0 bridgehead atoms. The number of hydrogen-bond acceptors (Lipinski definition) is 1. The van der Waals surface area contributed by atoms with Gasteiger partial charge in [0.2, 0.25) is 0 Å². The van der Waals surface area contributed by atoms with Gasteiger partial charge < -0.3 is 4.74 Å². The van der Waals surface area contributed by atoms with Crippen molar-refractivity contribution >= 4 is 34.8 Å². The topological polar surface area (TPSA) is 9.23 Å². The zero-order valence-electron chi connectivity index (χ0n) is 8.66. The molecular formula is C13H8Cl3O.